The molecule has 0 amide bonds. The van der Waals surface area contributed by atoms with Gasteiger partial charge >= 0.3 is 0 Å². The van der Waals surface area contributed by atoms with Crippen molar-refractivity contribution >= 4 is 27.5 Å². The summed E-state index contributed by atoms with van der Waals surface area (Å²) >= 11 is 10.1. The standard InChI is InChI=1S/C15H20BrClO/c1-3-5-6-11-15-13(17)9-7-8-10-14(18-15)12(16)4-2/h1,5-8,12-15H,4,9-11H2,2H3/t12-,13-,14-,15-/m1/s1. The highest BCUT2D eigenvalue weighted by molar-refractivity contribution is 9.09. The molecule has 18 heavy (non-hydrogen) atoms. The van der Waals surface area contributed by atoms with E-state index >= 15 is 0 Å². The summed E-state index contributed by atoms with van der Waals surface area (Å²) < 4.78 is 6.15. The highest BCUT2D eigenvalue weighted by Crippen LogP contribution is 2.26. The third-order valence-electron chi connectivity index (χ3n) is 3.03. The van der Waals surface area contributed by atoms with E-state index in [0.717, 1.165) is 25.7 Å². The van der Waals surface area contributed by atoms with Crippen LogP contribution >= 0.6 is 27.5 Å². The summed E-state index contributed by atoms with van der Waals surface area (Å²) in [5.41, 5.74) is 0. The maximum atomic E-state index is 6.37. The predicted octanol–water partition coefficient (Wildman–Crippen LogP) is 4.45. The molecule has 1 rings (SSSR count). The molecule has 1 aliphatic heterocycles. The summed E-state index contributed by atoms with van der Waals surface area (Å²) in [5.74, 6) is 2.49. The van der Waals surface area contributed by atoms with Gasteiger partial charge < -0.3 is 4.74 Å². The molecule has 0 radical (unpaired) electrons. The van der Waals surface area contributed by atoms with Gasteiger partial charge in [-0.3, -0.25) is 0 Å². The molecular formula is C15H20BrClO. The van der Waals surface area contributed by atoms with E-state index < -0.39 is 0 Å². The number of hydrogen-bond acceptors (Lipinski definition) is 1. The van der Waals surface area contributed by atoms with Crippen molar-refractivity contribution < 1.29 is 4.74 Å². The monoisotopic (exact) mass is 330 g/mol. The van der Waals surface area contributed by atoms with Crippen LogP contribution in [0.1, 0.15) is 32.6 Å². The second kappa shape index (κ2) is 8.80. The van der Waals surface area contributed by atoms with E-state index in [2.05, 4.69) is 40.9 Å². The molecule has 1 nitrogen and oxygen atoms in total. The second-order valence-corrected chi connectivity index (χ2v) is 6.14. The van der Waals surface area contributed by atoms with Crippen LogP contribution in [-0.4, -0.2) is 22.4 Å². The van der Waals surface area contributed by atoms with Gasteiger partial charge in [-0.05, 0) is 31.8 Å². The van der Waals surface area contributed by atoms with Crippen molar-refractivity contribution in [2.45, 2.75) is 55.0 Å². The molecule has 0 unspecified atom stereocenters. The van der Waals surface area contributed by atoms with Crippen molar-refractivity contribution in [3.05, 3.63) is 24.3 Å². The van der Waals surface area contributed by atoms with E-state index in [4.69, 9.17) is 22.8 Å². The van der Waals surface area contributed by atoms with E-state index in [1.807, 2.05) is 6.08 Å². The third-order valence-corrected chi connectivity index (χ3v) is 4.72. The Hall–Kier alpha value is -0.230. The molecule has 100 valence electrons. The summed E-state index contributed by atoms with van der Waals surface area (Å²) in [7, 11) is 0. The van der Waals surface area contributed by atoms with Crippen LogP contribution < -0.4 is 0 Å². The smallest absolute Gasteiger partial charge is 0.0780 e. The van der Waals surface area contributed by atoms with Gasteiger partial charge in [0.1, 0.15) is 0 Å². The summed E-state index contributed by atoms with van der Waals surface area (Å²) in [5, 5.41) is 0.00281. The summed E-state index contributed by atoms with van der Waals surface area (Å²) in [6, 6.07) is 0. The molecule has 0 fully saturated rings. The Balaban J connectivity index is 2.69. The zero-order chi connectivity index (χ0) is 13.4. The van der Waals surface area contributed by atoms with E-state index in [0.29, 0.717) is 4.83 Å². The van der Waals surface area contributed by atoms with Gasteiger partial charge in [0.2, 0.25) is 0 Å². The maximum Gasteiger partial charge on any atom is 0.0780 e. The molecule has 3 heteroatoms. The Bertz CT molecular complexity index is 332. The summed E-state index contributed by atoms with van der Waals surface area (Å²) in [4.78, 5) is 0.364. The van der Waals surface area contributed by atoms with Crippen LogP contribution in [0.4, 0.5) is 0 Å². The van der Waals surface area contributed by atoms with Gasteiger partial charge in [0, 0.05) is 4.83 Å². The fraction of sp³-hybridized carbons (Fsp3) is 0.600. The number of ether oxygens (including phenoxy) is 1. The molecule has 0 spiro atoms. The minimum absolute atomic E-state index is 0.00281. The molecular weight excluding hydrogens is 312 g/mol. The van der Waals surface area contributed by atoms with E-state index in [-0.39, 0.29) is 17.6 Å². The van der Waals surface area contributed by atoms with E-state index in [1.165, 1.54) is 0 Å². The zero-order valence-corrected chi connectivity index (χ0v) is 13.0. The van der Waals surface area contributed by atoms with Crippen molar-refractivity contribution in [2.24, 2.45) is 0 Å². The zero-order valence-electron chi connectivity index (χ0n) is 10.7. The Morgan fingerprint density at radius 1 is 1.56 bits per heavy atom. The largest absolute Gasteiger partial charge is 0.372 e. The fourth-order valence-electron chi connectivity index (χ4n) is 1.94. The van der Waals surface area contributed by atoms with E-state index in [9.17, 15) is 0 Å². The molecule has 0 bridgehead atoms. The molecule has 0 saturated carbocycles. The Kier molecular flexibility index (Phi) is 7.74. The molecule has 0 aromatic rings. The molecule has 0 aliphatic carbocycles. The first-order chi connectivity index (χ1) is 8.69. The molecule has 1 aliphatic rings. The van der Waals surface area contributed by atoms with Crippen LogP contribution in [0.3, 0.4) is 0 Å². The highest BCUT2D eigenvalue weighted by atomic mass is 79.9. The topological polar surface area (TPSA) is 9.23 Å². The van der Waals surface area contributed by atoms with Crippen LogP contribution in [0.5, 0.6) is 0 Å². The maximum absolute atomic E-state index is 6.37. The minimum Gasteiger partial charge on any atom is -0.372 e. The second-order valence-electron chi connectivity index (χ2n) is 4.40. The SMILES string of the molecule is C#CC=CC[C@H]1O[C@@H]([C@H](Br)CC)CC=CC[C@H]1Cl. The minimum atomic E-state index is 0.00281. The Morgan fingerprint density at radius 2 is 2.28 bits per heavy atom. The lowest BCUT2D eigenvalue weighted by atomic mass is 10.0. The van der Waals surface area contributed by atoms with Gasteiger partial charge in [0.05, 0.1) is 17.6 Å². The van der Waals surface area contributed by atoms with Gasteiger partial charge in [-0.15, -0.1) is 18.0 Å². The fourth-order valence-corrected chi connectivity index (χ4v) is 2.55. The van der Waals surface area contributed by atoms with Gasteiger partial charge in [0.15, 0.2) is 0 Å². The number of alkyl halides is 2. The van der Waals surface area contributed by atoms with Crippen LogP contribution in [0.25, 0.3) is 0 Å². The summed E-state index contributed by atoms with van der Waals surface area (Å²) in [6.45, 7) is 2.15. The average Bonchev–Trinajstić information content (AvgIpc) is 2.37. The molecule has 4 atom stereocenters. The summed E-state index contributed by atoms with van der Waals surface area (Å²) in [6.07, 6.45) is 17.0. The molecule has 0 aromatic carbocycles. The van der Waals surface area contributed by atoms with Crippen LogP contribution in [0, 0.1) is 12.3 Å². The lowest BCUT2D eigenvalue weighted by molar-refractivity contribution is -0.0122. The van der Waals surface area contributed by atoms with Gasteiger partial charge in [-0.1, -0.05) is 47.0 Å². The Morgan fingerprint density at radius 3 is 2.94 bits per heavy atom. The number of halogens is 2. The van der Waals surface area contributed by atoms with Crippen molar-refractivity contribution in [1.82, 2.24) is 0 Å². The van der Waals surface area contributed by atoms with Crippen molar-refractivity contribution in [3.8, 4) is 12.3 Å². The van der Waals surface area contributed by atoms with Crippen molar-refractivity contribution in [3.63, 3.8) is 0 Å². The number of hydrogen-bond donors (Lipinski definition) is 0. The highest BCUT2D eigenvalue weighted by Gasteiger charge is 2.26. The van der Waals surface area contributed by atoms with Crippen LogP contribution in [-0.2, 0) is 4.74 Å². The first-order valence-electron chi connectivity index (χ1n) is 6.38. The first kappa shape index (κ1) is 15.8. The van der Waals surface area contributed by atoms with Gasteiger partial charge in [-0.2, -0.15) is 0 Å². The van der Waals surface area contributed by atoms with Crippen molar-refractivity contribution in [1.29, 1.82) is 0 Å². The lowest BCUT2D eigenvalue weighted by Gasteiger charge is -2.30. The molecule has 0 N–H and O–H groups in total. The first-order valence-corrected chi connectivity index (χ1v) is 7.74. The van der Waals surface area contributed by atoms with Crippen LogP contribution in [0.15, 0.2) is 24.3 Å². The Labute approximate surface area is 124 Å². The number of terminal acetylenes is 1. The molecule has 0 saturated heterocycles. The molecule has 0 aromatic heterocycles. The lowest BCUT2D eigenvalue weighted by Crippen LogP contribution is -2.34. The number of rotatable bonds is 4. The average molecular weight is 332 g/mol. The third kappa shape index (κ3) is 5.18. The van der Waals surface area contributed by atoms with Gasteiger partial charge in [0.25, 0.3) is 0 Å². The molecule has 1 heterocycles. The van der Waals surface area contributed by atoms with E-state index in [1.54, 1.807) is 6.08 Å². The van der Waals surface area contributed by atoms with Gasteiger partial charge in [-0.25, -0.2) is 0 Å². The van der Waals surface area contributed by atoms with Crippen LogP contribution in [0.2, 0.25) is 0 Å². The van der Waals surface area contributed by atoms with Crippen molar-refractivity contribution in [2.75, 3.05) is 0 Å². The quantitative estimate of drug-likeness (QED) is 0.420. The number of allylic oxidation sites excluding steroid dienone is 2. The predicted molar refractivity (Wildman–Crippen MR) is 82.3 cm³/mol. The normalized spacial score (nSPS) is 30.7.